The van der Waals surface area contributed by atoms with Gasteiger partial charge in [-0.3, -0.25) is 14.5 Å². The van der Waals surface area contributed by atoms with Crippen LogP contribution in [-0.2, 0) is 14.8 Å². The maximum atomic E-state index is 12.7. The van der Waals surface area contributed by atoms with E-state index in [1.165, 1.54) is 4.31 Å². The van der Waals surface area contributed by atoms with Crippen LogP contribution >= 0.6 is 0 Å². The van der Waals surface area contributed by atoms with Gasteiger partial charge in [0.2, 0.25) is 15.9 Å². The molecule has 1 saturated heterocycles. The molecule has 0 bridgehead atoms. The van der Waals surface area contributed by atoms with Gasteiger partial charge in [-0.2, -0.15) is 4.31 Å². The summed E-state index contributed by atoms with van der Waals surface area (Å²) in [5.74, 6) is -0.372. The van der Waals surface area contributed by atoms with E-state index in [0.29, 0.717) is 37.4 Å². The molecule has 1 aliphatic heterocycles. The molecule has 154 valence electrons. The normalized spacial score (nSPS) is 15.6. The molecule has 1 fully saturated rings. The van der Waals surface area contributed by atoms with Gasteiger partial charge in [-0.05, 0) is 36.4 Å². The second-order valence-corrected chi connectivity index (χ2v) is 8.64. The first-order valence-electron chi connectivity index (χ1n) is 9.30. The topological polar surface area (TPSA) is 98.8 Å². The smallest absolute Gasteiger partial charge is 0.251 e. The highest BCUT2D eigenvalue weighted by Crippen LogP contribution is 2.17. The Morgan fingerprint density at radius 3 is 2.14 bits per heavy atom. The minimum absolute atomic E-state index is 0.177. The van der Waals surface area contributed by atoms with E-state index in [2.05, 4.69) is 10.6 Å². The molecule has 0 aromatic heterocycles. The summed E-state index contributed by atoms with van der Waals surface area (Å²) >= 11 is 0. The van der Waals surface area contributed by atoms with Crippen molar-refractivity contribution in [1.29, 1.82) is 0 Å². The van der Waals surface area contributed by atoms with Crippen LogP contribution in [0.3, 0.4) is 0 Å². The van der Waals surface area contributed by atoms with Gasteiger partial charge in [0.1, 0.15) is 0 Å². The van der Waals surface area contributed by atoms with Gasteiger partial charge in [-0.1, -0.05) is 18.2 Å². The van der Waals surface area contributed by atoms with E-state index in [0.717, 1.165) is 0 Å². The minimum atomic E-state index is -3.50. The Balaban J connectivity index is 1.50. The molecule has 3 rings (SSSR count). The van der Waals surface area contributed by atoms with Gasteiger partial charge >= 0.3 is 0 Å². The first-order valence-corrected chi connectivity index (χ1v) is 10.7. The number of carbonyl (C=O) groups excluding carboxylic acids is 2. The standard InChI is InChI=1S/C20H24N4O4S/c1-21-20(26)16-7-9-17(10-8-16)22-19(25)15-23-11-13-24(14-12-23)29(27,28)18-5-3-2-4-6-18/h2-10H,11-15H2,1H3,(H,21,26)(H,22,25). The number of nitrogens with one attached hydrogen (secondary N) is 2. The molecule has 2 aromatic carbocycles. The van der Waals surface area contributed by atoms with E-state index in [1.807, 2.05) is 4.90 Å². The summed E-state index contributed by atoms with van der Waals surface area (Å²) in [6.45, 7) is 1.82. The lowest BCUT2D eigenvalue weighted by Crippen LogP contribution is -2.50. The molecule has 0 atom stereocenters. The number of carbonyl (C=O) groups is 2. The van der Waals surface area contributed by atoms with Gasteiger partial charge in [0.05, 0.1) is 11.4 Å². The molecule has 0 aliphatic carbocycles. The molecule has 1 heterocycles. The number of hydrogen-bond acceptors (Lipinski definition) is 5. The summed E-state index contributed by atoms with van der Waals surface area (Å²) in [5, 5.41) is 5.34. The lowest BCUT2D eigenvalue weighted by Gasteiger charge is -2.33. The molecule has 0 radical (unpaired) electrons. The zero-order valence-electron chi connectivity index (χ0n) is 16.2. The van der Waals surface area contributed by atoms with Crippen LogP contribution in [0.25, 0.3) is 0 Å². The molecule has 2 amide bonds. The van der Waals surface area contributed by atoms with E-state index < -0.39 is 10.0 Å². The Hall–Kier alpha value is -2.75. The number of anilines is 1. The second kappa shape index (κ2) is 9.17. The number of amides is 2. The summed E-state index contributed by atoms with van der Waals surface area (Å²) in [5.41, 5.74) is 1.12. The molecule has 9 heteroatoms. The van der Waals surface area contributed by atoms with E-state index in [4.69, 9.17) is 0 Å². The van der Waals surface area contributed by atoms with Crippen molar-refractivity contribution in [2.45, 2.75) is 4.90 Å². The number of nitrogens with zero attached hydrogens (tertiary/aromatic N) is 2. The highest BCUT2D eigenvalue weighted by atomic mass is 32.2. The highest BCUT2D eigenvalue weighted by molar-refractivity contribution is 7.89. The third kappa shape index (κ3) is 5.20. The monoisotopic (exact) mass is 416 g/mol. The molecule has 29 heavy (non-hydrogen) atoms. The van der Waals surface area contributed by atoms with Crippen LogP contribution < -0.4 is 10.6 Å². The van der Waals surface area contributed by atoms with Crippen LogP contribution in [0.15, 0.2) is 59.5 Å². The van der Waals surface area contributed by atoms with Gasteiger partial charge in [0.15, 0.2) is 0 Å². The quantitative estimate of drug-likeness (QED) is 0.732. The van der Waals surface area contributed by atoms with Crippen molar-refractivity contribution in [3.8, 4) is 0 Å². The van der Waals surface area contributed by atoms with E-state index in [-0.39, 0.29) is 23.3 Å². The minimum Gasteiger partial charge on any atom is -0.355 e. The van der Waals surface area contributed by atoms with E-state index in [9.17, 15) is 18.0 Å². The van der Waals surface area contributed by atoms with Crippen LogP contribution in [0.1, 0.15) is 10.4 Å². The van der Waals surface area contributed by atoms with Crippen molar-refractivity contribution in [3.05, 3.63) is 60.2 Å². The van der Waals surface area contributed by atoms with Crippen LogP contribution in [0.2, 0.25) is 0 Å². The average molecular weight is 417 g/mol. The van der Waals surface area contributed by atoms with E-state index >= 15 is 0 Å². The maximum Gasteiger partial charge on any atom is 0.251 e. The zero-order valence-corrected chi connectivity index (χ0v) is 17.0. The fraction of sp³-hybridized carbons (Fsp3) is 0.300. The first-order chi connectivity index (χ1) is 13.9. The van der Waals surface area contributed by atoms with Gasteiger partial charge in [0, 0.05) is 44.5 Å². The Labute approximate surface area is 170 Å². The number of sulfonamides is 1. The zero-order chi connectivity index (χ0) is 20.9. The van der Waals surface area contributed by atoms with Gasteiger partial charge in [-0.15, -0.1) is 0 Å². The second-order valence-electron chi connectivity index (χ2n) is 6.70. The molecule has 0 spiro atoms. The summed E-state index contributed by atoms with van der Waals surface area (Å²) in [4.78, 5) is 26.0. The van der Waals surface area contributed by atoms with E-state index in [1.54, 1.807) is 61.6 Å². The number of hydrogen-bond donors (Lipinski definition) is 2. The molecular weight excluding hydrogens is 392 g/mol. The Morgan fingerprint density at radius 1 is 0.931 bits per heavy atom. The van der Waals surface area contributed by atoms with Crippen LogP contribution in [0, 0.1) is 0 Å². The largest absolute Gasteiger partial charge is 0.355 e. The fourth-order valence-electron chi connectivity index (χ4n) is 3.12. The number of piperazine rings is 1. The summed E-state index contributed by atoms with van der Waals surface area (Å²) in [6, 6.07) is 15.0. The summed E-state index contributed by atoms with van der Waals surface area (Å²) in [7, 11) is -1.94. The predicted octanol–water partition coefficient (Wildman–Crippen LogP) is 0.991. The SMILES string of the molecule is CNC(=O)c1ccc(NC(=O)CN2CCN(S(=O)(=O)c3ccccc3)CC2)cc1. The van der Waals surface area contributed by atoms with Gasteiger partial charge in [-0.25, -0.2) is 8.42 Å². The molecule has 0 unspecified atom stereocenters. The molecule has 8 nitrogen and oxygen atoms in total. The summed E-state index contributed by atoms with van der Waals surface area (Å²) < 4.78 is 26.8. The van der Waals surface area contributed by atoms with Crippen molar-refractivity contribution >= 4 is 27.5 Å². The van der Waals surface area contributed by atoms with Crippen molar-refractivity contribution in [3.63, 3.8) is 0 Å². The van der Waals surface area contributed by atoms with Crippen LogP contribution in [0.4, 0.5) is 5.69 Å². The molecular formula is C20H24N4O4S. The molecule has 2 aromatic rings. The number of benzene rings is 2. The fourth-order valence-corrected chi connectivity index (χ4v) is 4.57. The van der Waals surface area contributed by atoms with Crippen molar-refractivity contribution in [1.82, 2.24) is 14.5 Å². The predicted molar refractivity (Wildman–Crippen MR) is 110 cm³/mol. The Kier molecular flexibility index (Phi) is 6.63. The van der Waals surface area contributed by atoms with Crippen LogP contribution in [0.5, 0.6) is 0 Å². The van der Waals surface area contributed by atoms with Crippen molar-refractivity contribution < 1.29 is 18.0 Å². The van der Waals surface area contributed by atoms with Gasteiger partial charge < -0.3 is 10.6 Å². The third-order valence-corrected chi connectivity index (χ3v) is 6.65. The Morgan fingerprint density at radius 2 is 1.55 bits per heavy atom. The van der Waals surface area contributed by atoms with Gasteiger partial charge in [0.25, 0.3) is 5.91 Å². The van der Waals surface area contributed by atoms with Crippen molar-refractivity contribution in [2.75, 3.05) is 45.1 Å². The van der Waals surface area contributed by atoms with Crippen molar-refractivity contribution in [2.24, 2.45) is 0 Å². The molecule has 2 N–H and O–H groups in total. The first kappa shape index (κ1) is 21.0. The highest BCUT2D eigenvalue weighted by Gasteiger charge is 2.28. The van der Waals surface area contributed by atoms with Crippen LogP contribution in [-0.4, -0.2) is 69.2 Å². The summed E-state index contributed by atoms with van der Waals surface area (Å²) in [6.07, 6.45) is 0. The molecule has 1 aliphatic rings. The Bertz CT molecular complexity index is 954. The lowest BCUT2D eigenvalue weighted by atomic mass is 10.2. The average Bonchev–Trinajstić information content (AvgIpc) is 2.74. The maximum absolute atomic E-state index is 12.7. The third-order valence-electron chi connectivity index (χ3n) is 4.74. The lowest BCUT2D eigenvalue weighted by molar-refractivity contribution is -0.117. The number of rotatable bonds is 6. The molecule has 0 saturated carbocycles.